The van der Waals surface area contributed by atoms with Gasteiger partial charge in [0.1, 0.15) is 0 Å². The molecular weight excluding hydrogens is 410 g/mol. The zero-order valence-electron chi connectivity index (χ0n) is 17.3. The van der Waals surface area contributed by atoms with Crippen LogP contribution in [0.5, 0.6) is 0 Å². The molecule has 0 bridgehead atoms. The van der Waals surface area contributed by atoms with Gasteiger partial charge in [-0.3, -0.25) is 33.8 Å². The van der Waals surface area contributed by atoms with Gasteiger partial charge in [0.15, 0.2) is 5.41 Å². The highest BCUT2D eigenvalue weighted by molar-refractivity contribution is 6.28. The third-order valence-corrected chi connectivity index (χ3v) is 6.48. The highest BCUT2D eigenvalue weighted by atomic mass is 16.2. The molecule has 8 heteroatoms. The van der Waals surface area contributed by atoms with Gasteiger partial charge in [-0.05, 0) is 11.6 Å². The molecule has 1 atom stereocenters. The molecule has 2 saturated heterocycles. The molecule has 5 amide bonds. The SMILES string of the molecule is O=C1CCC(=O)N1CCN1C(=O)C2(CC(=O)N(Cc3ccccc3)C2=O)c2ccccc21. The molecule has 0 N–H and O–H groups in total. The molecule has 3 aliphatic heterocycles. The third kappa shape index (κ3) is 2.86. The van der Waals surface area contributed by atoms with Crippen LogP contribution in [0.15, 0.2) is 54.6 Å². The van der Waals surface area contributed by atoms with Crippen molar-refractivity contribution in [2.75, 3.05) is 18.0 Å². The molecule has 32 heavy (non-hydrogen) atoms. The Labute approximate surface area is 184 Å². The van der Waals surface area contributed by atoms with Crippen LogP contribution in [0, 0.1) is 0 Å². The predicted octanol–water partition coefficient (Wildman–Crippen LogP) is 1.38. The summed E-state index contributed by atoms with van der Waals surface area (Å²) in [5, 5.41) is 0. The molecule has 2 aromatic rings. The van der Waals surface area contributed by atoms with Crippen LogP contribution in [0.4, 0.5) is 5.69 Å². The second-order valence-electron chi connectivity index (χ2n) is 8.27. The number of anilines is 1. The Morgan fingerprint density at radius 2 is 1.25 bits per heavy atom. The van der Waals surface area contributed by atoms with E-state index in [0.717, 1.165) is 15.4 Å². The second-order valence-corrected chi connectivity index (χ2v) is 8.27. The summed E-state index contributed by atoms with van der Waals surface area (Å²) in [6.45, 7) is 0.241. The van der Waals surface area contributed by atoms with E-state index in [2.05, 4.69) is 0 Å². The Balaban J connectivity index is 1.46. The van der Waals surface area contributed by atoms with E-state index in [4.69, 9.17) is 0 Å². The zero-order valence-corrected chi connectivity index (χ0v) is 17.3. The van der Waals surface area contributed by atoms with Crippen LogP contribution in [0.3, 0.4) is 0 Å². The van der Waals surface area contributed by atoms with Gasteiger partial charge in [0.05, 0.1) is 13.0 Å². The fourth-order valence-electron chi connectivity index (χ4n) is 4.86. The summed E-state index contributed by atoms with van der Waals surface area (Å²) in [4.78, 5) is 67.8. The fraction of sp³-hybridized carbons (Fsp3) is 0.292. The number of benzene rings is 2. The van der Waals surface area contributed by atoms with E-state index >= 15 is 0 Å². The lowest BCUT2D eigenvalue weighted by Crippen LogP contribution is -2.48. The van der Waals surface area contributed by atoms with Gasteiger partial charge in [0, 0.05) is 37.2 Å². The lowest BCUT2D eigenvalue weighted by atomic mass is 9.80. The summed E-state index contributed by atoms with van der Waals surface area (Å²) in [7, 11) is 0. The van der Waals surface area contributed by atoms with Crippen LogP contribution in [-0.4, -0.2) is 52.4 Å². The summed E-state index contributed by atoms with van der Waals surface area (Å²) >= 11 is 0. The quantitative estimate of drug-likeness (QED) is 0.527. The Hall–Kier alpha value is -3.81. The maximum Gasteiger partial charge on any atom is 0.250 e. The average molecular weight is 431 g/mol. The molecule has 0 radical (unpaired) electrons. The van der Waals surface area contributed by atoms with E-state index in [1.165, 1.54) is 4.90 Å². The van der Waals surface area contributed by atoms with Crippen LogP contribution in [0.25, 0.3) is 0 Å². The van der Waals surface area contributed by atoms with Crippen molar-refractivity contribution in [3.63, 3.8) is 0 Å². The monoisotopic (exact) mass is 431 g/mol. The predicted molar refractivity (Wildman–Crippen MR) is 113 cm³/mol. The highest BCUT2D eigenvalue weighted by Gasteiger charge is 2.63. The van der Waals surface area contributed by atoms with Crippen LogP contribution in [-0.2, 0) is 35.9 Å². The van der Waals surface area contributed by atoms with Gasteiger partial charge in [0.25, 0.3) is 0 Å². The van der Waals surface area contributed by atoms with Gasteiger partial charge in [-0.2, -0.15) is 0 Å². The number of nitrogens with zero attached hydrogens (tertiary/aromatic N) is 3. The molecule has 2 aromatic carbocycles. The number of imide groups is 2. The molecule has 0 aromatic heterocycles. The topological polar surface area (TPSA) is 95.1 Å². The number of likely N-dealkylation sites (tertiary alicyclic amines) is 2. The number of carbonyl (C=O) groups is 5. The maximum absolute atomic E-state index is 13.6. The van der Waals surface area contributed by atoms with E-state index in [0.29, 0.717) is 11.3 Å². The first-order chi connectivity index (χ1) is 15.4. The lowest BCUT2D eigenvalue weighted by molar-refractivity contribution is -0.143. The first-order valence-electron chi connectivity index (χ1n) is 10.6. The minimum Gasteiger partial charge on any atom is -0.309 e. The van der Waals surface area contributed by atoms with E-state index in [1.807, 2.05) is 30.3 Å². The molecule has 8 nitrogen and oxygen atoms in total. The van der Waals surface area contributed by atoms with Crippen LogP contribution >= 0.6 is 0 Å². The molecule has 1 spiro atoms. The number of para-hydroxylation sites is 1. The van der Waals surface area contributed by atoms with E-state index in [1.54, 1.807) is 24.3 Å². The number of hydrogen-bond donors (Lipinski definition) is 0. The lowest BCUT2D eigenvalue weighted by Gasteiger charge is -2.24. The number of carbonyl (C=O) groups excluding carboxylic acids is 5. The molecule has 5 rings (SSSR count). The van der Waals surface area contributed by atoms with Crippen molar-refractivity contribution in [3.05, 3.63) is 65.7 Å². The molecule has 1 unspecified atom stereocenters. The van der Waals surface area contributed by atoms with Crippen molar-refractivity contribution >= 4 is 35.2 Å². The van der Waals surface area contributed by atoms with Crippen molar-refractivity contribution in [2.24, 2.45) is 0 Å². The Morgan fingerprint density at radius 1 is 0.656 bits per heavy atom. The van der Waals surface area contributed by atoms with Crippen LogP contribution in [0.1, 0.15) is 30.4 Å². The first kappa shape index (κ1) is 20.1. The fourth-order valence-corrected chi connectivity index (χ4v) is 4.86. The van der Waals surface area contributed by atoms with E-state index in [-0.39, 0.29) is 50.7 Å². The van der Waals surface area contributed by atoms with Gasteiger partial charge in [0.2, 0.25) is 29.5 Å². The summed E-state index contributed by atoms with van der Waals surface area (Å²) in [5.74, 6) is -1.92. The highest BCUT2D eigenvalue weighted by Crippen LogP contribution is 2.48. The Bertz CT molecular complexity index is 1150. The van der Waals surface area contributed by atoms with E-state index in [9.17, 15) is 24.0 Å². The van der Waals surface area contributed by atoms with Gasteiger partial charge < -0.3 is 4.90 Å². The molecule has 3 heterocycles. The summed E-state index contributed by atoms with van der Waals surface area (Å²) in [5.41, 5.74) is 0.242. The normalized spacial score (nSPS) is 22.6. The Kier molecular flexibility index (Phi) is 4.65. The number of rotatable bonds is 5. The van der Waals surface area contributed by atoms with Gasteiger partial charge >= 0.3 is 0 Å². The standard InChI is InChI=1S/C24H21N3O5/c28-19-10-11-20(29)26(19)13-12-25-18-9-5-4-8-17(18)24(22(25)31)14-21(30)27(23(24)32)15-16-6-2-1-3-7-16/h1-9H,10-15H2. The van der Waals surface area contributed by atoms with Gasteiger partial charge in [-0.1, -0.05) is 48.5 Å². The Morgan fingerprint density at radius 3 is 1.97 bits per heavy atom. The van der Waals surface area contributed by atoms with E-state index < -0.39 is 23.1 Å². The molecule has 0 aliphatic carbocycles. The van der Waals surface area contributed by atoms with Crippen molar-refractivity contribution in [1.82, 2.24) is 9.80 Å². The van der Waals surface area contributed by atoms with Crippen LogP contribution in [0.2, 0.25) is 0 Å². The smallest absolute Gasteiger partial charge is 0.250 e. The first-order valence-corrected chi connectivity index (χ1v) is 10.6. The minimum absolute atomic E-state index is 0.0592. The van der Waals surface area contributed by atoms with Crippen LogP contribution < -0.4 is 4.90 Å². The number of fused-ring (bicyclic) bond motifs is 2. The molecule has 0 saturated carbocycles. The van der Waals surface area contributed by atoms with Crippen molar-refractivity contribution in [2.45, 2.75) is 31.2 Å². The van der Waals surface area contributed by atoms with Gasteiger partial charge in [-0.25, -0.2) is 0 Å². The molecule has 162 valence electrons. The summed E-state index contributed by atoms with van der Waals surface area (Å²) in [6.07, 6.45) is 0.121. The number of hydrogen-bond acceptors (Lipinski definition) is 5. The minimum atomic E-state index is -1.60. The number of amides is 5. The molecule has 3 aliphatic rings. The third-order valence-electron chi connectivity index (χ3n) is 6.48. The molecular formula is C24H21N3O5. The second kappa shape index (κ2) is 7.40. The summed E-state index contributed by atoms with van der Waals surface area (Å²) < 4.78 is 0. The molecule has 2 fully saturated rings. The average Bonchev–Trinajstić information content (AvgIpc) is 3.34. The largest absolute Gasteiger partial charge is 0.309 e. The summed E-state index contributed by atoms with van der Waals surface area (Å²) in [6, 6.07) is 16.1. The van der Waals surface area contributed by atoms with Gasteiger partial charge in [-0.15, -0.1) is 0 Å². The van der Waals surface area contributed by atoms with Crippen molar-refractivity contribution in [3.8, 4) is 0 Å². The van der Waals surface area contributed by atoms with Crippen molar-refractivity contribution < 1.29 is 24.0 Å². The maximum atomic E-state index is 13.6. The zero-order chi connectivity index (χ0) is 22.5. The van der Waals surface area contributed by atoms with Crippen molar-refractivity contribution in [1.29, 1.82) is 0 Å².